The number of aromatic nitrogens is 3. The van der Waals surface area contributed by atoms with Gasteiger partial charge in [0.1, 0.15) is 11.1 Å². The zero-order valence-corrected chi connectivity index (χ0v) is 12.3. The minimum atomic E-state index is -0.00578. The molecule has 1 amide bonds. The fourth-order valence-electron chi connectivity index (χ4n) is 2.28. The number of rotatable bonds is 3. The number of benzene rings is 1. The van der Waals surface area contributed by atoms with Crippen molar-refractivity contribution in [2.45, 2.75) is 18.8 Å². The van der Waals surface area contributed by atoms with E-state index in [4.69, 9.17) is 0 Å². The average Bonchev–Trinajstić information content (AvgIpc) is 2.98. The SMILES string of the molecule is Cc1cccc(Cn2cc(C3SCC(=O)N3C)nn2)c1. The molecule has 0 spiro atoms. The Morgan fingerprint density at radius 1 is 1.45 bits per heavy atom. The van der Waals surface area contributed by atoms with E-state index in [0.717, 1.165) is 5.69 Å². The Morgan fingerprint density at radius 3 is 3.00 bits per heavy atom. The van der Waals surface area contributed by atoms with Gasteiger partial charge in [-0.25, -0.2) is 4.68 Å². The molecule has 1 saturated heterocycles. The molecule has 0 N–H and O–H groups in total. The molecular formula is C14H16N4OS. The van der Waals surface area contributed by atoms with Crippen LogP contribution in [0, 0.1) is 6.92 Å². The van der Waals surface area contributed by atoms with Crippen LogP contribution in [0.4, 0.5) is 0 Å². The molecule has 1 unspecified atom stereocenters. The van der Waals surface area contributed by atoms with E-state index in [1.54, 1.807) is 16.7 Å². The number of carbonyl (C=O) groups is 1. The van der Waals surface area contributed by atoms with Gasteiger partial charge in [-0.1, -0.05) is 35.0 Å². The third-order valence-electron chi connectivity index (χ3n) is 3.35. The van der Waals surface area contributed by atoms with Crippen molar-refractivity contribution in [3.63, 3.8) is 0 Å². The first-order valence-corrected chi connectivity index (χ1v) is 7.51. The Bertz CT molecular complexity index is 640. The van der Waals surface area contributed by atoms with Crippen LogP contribution in [0.1, 0.15) is 22.2 Å². The minimum absolute atomic E-state index is 0.00578. The lowest BCUT2D eigenvalue weighted by Gasteiger charge is -2.15. The predicted molar refractivity (Wildman–Crippen MR) is 78.3 cm³/mol. The highest BCUT2D eigenvalue weighted by atomic mass is 32.2. The largest absolute Gasteiger partial charge is 0.327 e. The van der Waals surface area contributed by atoms with Crippen molar-refractivity contribution in [1.82, 2.24) is 19.9 Å². The molecular weight excluding hydrogens is 272 g/mol. The van der Waals surface area contributed by atoms with Gasteiger partial charge in [0.25, 0.3) is 0 Å². The van der Waals surface area contributed by atoms with E-state index in [1.165, 1.54) is 11.1 Å². The fourth-order valence-corrected chi connectivity index (χ4v) is 3.40. The maximum atomic E-state index is 11.5. The van der Waals surface area contributed by atoms with Crippen LogP contribution in [0.15, 0.2) is 30.5 Å². The maximum Gasteiger partial charge on any atom is 0.233 e. The molecule has 104 valence electrons. The molecule has 0 bridgehead atoms. The van der Waals surface area contributed by atoms with Gasteiger partial charge in [-0.2, -0.15) is 0 Å². The van der Waals surface area contributed by atoms with E-state index in [0.29, 0.717) is 12.3 Å². The molecule has 1 fully saturated rings. The lowest BCUT2D eigenvalue weighted by atomic mass is 10.1. The zero-order chi connectivity index (χ0) is 14.1. The van der Waals surface area contributed by atoms with Crippen molar-refractivity contribution >= 4 is 17.7 Å². The monoisotopic (exact) mass is 288 g/mol. The Kier molecular flexibility index (Phi) is 3.48. The molecule has 1 aliphatic heterocycles. The molecule has 0 radical (unpaired) electrons. The van der Waals surface area contributed by atoms with Gasteiger partial charge in [-0.15, -0.1) is 16.9 Å². The second-order valence-electron chi connectivity index (χ2n) is 5.00. The van der Waals surface area contributed by atoms with Gasteiger partial charge in [-0.3, -0.25) is 4.79 Å². The summed E-state index contributed by atoms with van der Waals surface area (Å²) in [7, 11) is 1.81. The summed E-state index contributed by atoms with van der Waals surface area (Å²) in [6.07, 6.45) is 1.93. The van der Waals surface area contributed by atoms with Crippen molar-refractivity contribution in [1.29, 1.82) is 0 Å². The Labute approximate surface area is 122 Å². The van der Waals surface area contributed by atoms with Gasteiger partial charge in [0.05, 0.1) is 18.5 Å². The van der Waals surface area contributed by atoms with E-state index >= 15 is 0 Å². The first-order valence-electron chi connectivity index (χ1n) is 6.46. The molecule has 20 heavy (non-hydrogen) atoms. The summed E-state index contributed by atoms with van der Waals surface area (Å²) in [5.74, 6) is 0.666. The van der Waals surface area contributed by atoms with Gasteiger partial charge in [-0.05, 0) is 12.5 Å². The van der Waals surface area contributed by atoms with E-state index in [1.807, 2.05) is 24.0 Å². The number of nitrogens with zero attached hydrogens (tertiary/aromatic N) is 4. The highest BCUT2D eigenvalue weighted by Gasteiger charge is 2.31. The number of carbonyl (C=O) groups excluding carboxylic acids is 1. The van der Waals surface area contributed by atoms with E-state index < -0.39 is 0 Å². The number of hydrogen-bond acceptors (Lipinski definition) is 4. The molecule has 6 heteroatoms. The summed E-state index contributed by atoms with van der Waals surface area (Å²) in [5.41, 5.74) is 3.28. The van der Waals surface area contributed by atoms with E-state index in [2.05, 4.69) is 35.4 Å². The first kappa shape index (κ1) is 13.2. The average molecular weight is 288 g/mol. The molecule has 2 aromatic rings. The molecule has 1 aliphatic rings. The topological polar surface area (TPSA) is 51.0 Å². The summed E-state index contributed by atoms with van der Waals surface area (Å²) < 4.78 is 1.82. The predicted octanol–water partition coefficient (Wildman–Crippen LogP) is 1.84. The molecule has 2 heterocycles. The van der Waals surface area contributed by atoms with E-state index in [9.17, 15) is 4.79 Å². The standard InChI is InChI=1S/C14H16N4OS/c1-10-4-3-5-11(6-10)7-18-8-12(15-16-18)14-17(2)13(19)9-20-14/h3-6,8,14H,7,9H2,1-2H3. The van der Waals surface area contributed by atoms with Crippen molar-refractivity contribution in [2.24, 2.45) is 0 Å². The quantitative estimate of drug-likeness (QED) is 0.865. The third kappa shape index (κ3) is 2.56. The molecule has 1 aromatic carbocycles. The molecule has 5 nitrogen and oxygen atoms in total. The smallest absolute Gasteiger partial charge is 0.233 e. The molecule has 3 rings (SSSR count). The van der Waals surface area contributed by atoms with Crippen LogP contribution < -0.4 is 0 Å². The molecule has 1 aromatic heterocycles. The molecule has 0 saturated carbocycles. The summed E-state index contributed by atoms with van der Waals surface area (Å²) in [5, 5.41) is 8.35. The summed E-state index contributed by atoms with van der Waals surface area (Å²) in [4.78, 5) is 13.3. The number of aryl methyl sites for hydroxylation is 1. The normalized spacial score (nSPS) is 18.8. The molecule has 0 aliphatic carbocycles. The number of hydrogen-bond donors (Lipinski definition) is 0. The number of amides is 1. The fraction of sp³-hybridized carbons (Fsp3) is 0.357. The summed E-state index contributed by atoms with van der Waals surface area (Å²) in [6, 6.07) is 8.34. The first-order chi connectivity index (χ1) is 9.63. The van der Waals surface area contributed by atoms with Crippen LogP contribution in [0.3, 0.4) is 0 Å². The van der Waals surface area contributed by atoms with Crippen molar-refractivity contribution in [3.05, 3.63) is 47.3 Å². The van der Waals surface area contributed by atoms with Crippen molar-refractivity contribution < 1.29 is 4.79 Å². The van der Waals surface area contributed by atoms with Gasteiger partial charge >= 0.3 is 0 Å². The van der Waals surface area contributed by atoms with Gasteiger partial charge in [0.15, 0.2) is 0 Å². The van der Waals surface area contributed by atoms with Gasteiger partial charge in [0, 0.05) is 7.05 Å². The van der Waals surface area contributed by atoms with E-state index in [-0.39, 0.29) is 11.3 Å². The van der Waals surface area contributed by atoms with Crippen LogP contribution in [-0.2, 0) is 11.3 Å². The van der Waals surface area contributed by atoms with Crippen LogP contribution in [0.25, 0.3) is 0 Å². The van der Waals surface area contributed by atoms with Crippen LogP contribution >= 0.6 is 11.8 Å². The minimum Gasteiger partial charge on any atom is -0.327 e. The highest BCUT2D eigenvalue weighted by molar-refractivity contribution is 8.00. The second-order valence-corrected chi connectivity index (χ2v) is 6.07. The summed E-state index contributed by atoms with van der Waals surface area (Å²) in [6.45, 7) is 2.77. The lowest BCUT2D eigenvalue weighted by Crippen LogP contribution is -2.23. The summed E-state index contributed by atoms with van der Waals surface area (Å²) >= 11 is 1.59. The van der Waals surface area contributed by atoms with Crippen molar-refractivity contribution in [3.8, 4) is 0 Å². The second kappa shape index (κ2) is 5.28. The Balaban J connectivity index is 1.76. The van der Waals surface area contributed by atoms with Crippen molar-refractivity contribution in [2.75, 3.05) is 12.8 Å². The zero-order valence-electron chi connectivity index (χ0n) is 11.5. The highest BCUT2D eigenvalue weighted by Crippen LogP contribution is 2.35. The maximum absolute atomic E-state index is 11.5. The van der Waals surface area contributed by atoms with Gasteiger partial charge < -0.3 is 4.90 Å². The van der Waals surface area contributed by atoms with Crippen LogP contribution in [0.2, 0.25) is 0 Å². The Morgan fingerprint density at radius 2 is 2.30 bits per heavy atom. The van der Waals surface area contributed by atoms with Gasteiger partial charge in [0.2, 0.25) is 5.91 Å². The molecule has 1 atom stereocenters. The third-order valence-corrected chi connectivity index (χ3v) is 4.63. The number of thioether (sulfide) groups is 1. The Hall–Kier alpha value is -1.82. The van der Waals surface area contributed by atoms with Crippen LogP contribution in [0.5, 0.6) is 0 Å². The van der Waals surface area contributed by atoms with Crippen LogP contribution in [-0.4, -0.2) is 38.6 Å². The lowest BCUT2D eigenvalue weighted by molar-refractivity contribution is -0.126.